The molecule has 0 unspecified atom stereocenters. The monoisotopic (exact) mass is 254 g/mol. The Kier molecular flexibility index (Phi) is 10.3. The van der Waals surface area contributed by atoms with Crippen molar-refractivity contribution >= 4 is 5.69 Å². The first kappa shape index (κ1) is 16.9. The molecule has 0 atom stereocenters. The van der Waals surface area contributed by atoms with Crippen molar-refractivity contribution in [3.63, 3.8) is 0 Å². The molecule has 2 heterocycles. The van der Waals surface area contributed by atoms with Crippen LogP contribution in [0.15, 0.2) is 24.5 Å². The summed E-state index contributed by atoms with van der Waals surface area (Å²) >= 11 is 0. The Labute approximate surface area is 111 Å². The highest BCUT2D eigenvalue weighted by atomic mass is 19.1. The van der Waals surface area contributed by atoms with E-state index in [-0.39, 0.29) is 0 Å². The number of hydrogen-bond donors (Lipinski definition) is 0. The summed E-state index contributed by atoms with van der Waals surface area (Å²) in [6.45, 7) is 8.69. The molecule has 1 saturated heterocycles. The molecule has 0 radical (unpaired) electrons. The molecule has 1 aliphatic heterocycles. The van der Waals surface area contributed by atoms with E-state index in [9.17, 15) is 4.39 Å². The zero-order chi connectivity index (χ0) is 13.8. The molecular weight excluding hydrogens is 227 g/mol. The molecule has 3 heteroatoms. The number of hydrogen-bond acceptors (Lipinski definition) is 2. The zero-order valence-corrected chi connectivity index (χ0v) is 12.2. The summed E-state index contributed by atoms with van der Waals surface area (Å²) in [6.07, 6.45) is 7.81. The molecule has 1 aromatic heterocycles. The molecule has 0 saturated carbocycles. The van der Waals surface area contributed by atoms with Crippen LogP contribution in [0.4, 0.5) is 10.1 Å². The van der Waals surface area contributed by atoms with Crippen molar-refractivity contribution in [2.75, 3.05) is 25.2 Å². The van der Waals surface area contributed by atoms with Gasteiger partial charge in [0, 0.05) is 19.3 Å². The van der Waals surface area contributed by atoms with Crippen LogP contribution >= 0.6 is 0 Å². The summed E-state index contributed by atoms with van der Waals surface area (Å²) in [4.78, 5) is 6.60. The van der Waals surface area contributed by atoms with Crippen molar-refractivity contribution in [1.29, 1.82) is 0 Å². The van der Waals surface area contributed by atoms with Gasteiger partial charge in [-0.25, -0.2) is 0 Å². The predicted octanol–water partition coefficient (Wildman–Crippen LogP) is 4.32. The second kappa shape index (κ2) is 11.0. The molecule has 0 amide bonds. The van der Waals surface area contributed by atoms with Crippen LogP contribution in [0.2, 0.25) is 0 Å². The Bertz CT molecular complexity index is 269. The Balaban J connectivity index is 0.000000659. The van der Waals surface area contributed by atoms with Crippen LogP contribution in [0.25, 0.3) is 0 Å². The van der Waals surface area contributed by atoms with Crippen LogP contribution in [0.3, 0.4) is 0 Å². The van der Waals surface area contributed by atoms with Gasteiger partial charge in [-0.3, -0.25) is 9.37 Å². The smallest absolute Gasteiger partial charge is 0.0785 e. The second-order valence-electron chi connectivity index (χ2n) is 4.05. The summed E-state index contributed by atoms with van der Waals surface area (Å²) < 4.78 is 9.50. The van der Waals surface area contributed by atoms with Crippen LogP contribution < -0.4 is 4.90 Å². The van der Waals surface area contributed by atoms with Gasteiger partial charge in [-0.2, -0.15) is 0 Å². The summed E-state index contributed by atoms with van der Waals surface area (Å²) in [6, 6.07) is 4.17. The molecule has 0 aromatic carbocycles. The molecule has 0 aliphatic carbocycles. The minimum Gasteiger partial charge on any atom is -0.370 e. The van der Waals surface area contributed by atoms with Crippen LogP contribution in [0, 0.1) is 5.92 Å². The van der Waals surface area contributed by atoms with E-state index < -0.39 is 0 Å². The number of aromatic nitrogens is 1. The van der Waals surface area contributed by atoms with Crippen molar-refractivity contribution in [1.82, 2.24) is 4.98 Å². The fourth-order valence-electron chi connectivity index (χ4n) is 2.14. The molecule has 1 aromatic rings. The molecule has 0 N–H and O–H groups in total. The maximum Gasteiger partial charge on any atom is 0.0785 e. The quantitative estimate of drug-likeness (QED) is 0.781. The number of anilines is 1. The standard InChI is InChI=1S/C12H18N2.C2H6.CH3F/c1-2-11-5-8-14(9-6-11)12-4-3-7-13-10-12;2*1-2/h3-4,7,10-11H,2,5-6,8-9H2,1H3;1-2H3;1H3. The van der Waals surface area contributed by atoms with Crippen molar-refractivity contribution in [2.24, 2.45) is 5.92 Å². The Morgan fingerprint density at radius 1 is 1.28 bits per heavy atom. The SMILES string of the molecule is CC.CCC1CCN(c2cccnc2)CC1.CF. The lowest BCUT2D eigenvalue weighted by molar-refractivity contribution is 0.395. The first-order valence-electron chi connectivity index (χ1n) is 6.93. The zero-order valence-electron chi connectivity index (χ0n) is 12.2. The van der Waals surface area contributed by atoms with Crippen molar-refractivity contribution in [3.05, 3.63) is 24.5 Å². The number of alkyl halides is 1. The van der Waals surface area contributed by atoms with Crippen molar-refractivity contribution in [3.8, 4) is 0 Å². The van der Waals surface area contributed by atoms with E-state index in [1.54, 1.807) is 0 Å². The van der Waals surface area contributed by atoms with E-state index in [4.69, 9.17) is 0 Å². The highest BCUT2D eigenvalue weighted by Gasteiger charge is 2.17. The van der Waals surface area contributed by atoms with E-state index in [1.165, 1.54) is 38.0 Å². The van der Waals surface area contributed by atoms with Gasteiger partial charge in [0.1, 0.15) is 0 Å². The number of nitrogens with zero attached hydrogens (tertiary/aromatic N) is 2. The third-order valence-electron chi connectivity index (χ3n) is 3.20. The van der Waals surface area contributed by atoms with Crippen LogP contribution in [0.5, 0.6) is 0 Å². The molecular formula is C15H27FN2. The van der Waals surface area contributed by atoms with Gasteiger partial charge >= 0.3 is 0 Å². The lowest BCUT2D eigenvalue weighted by Gasteiger charge is -2.32. The molecule has 2 rings (SSSR count). The molecule has 0 bridgehead atoms. The Hall–Kier alpha value is -1.12. The fraction of sp³-hybridized carbons (Fsp3) is 0.667. The number of piperidine rings is 1. The van der Waals surface area contributed by atoms with Crippen molar-refractivity contribution < 1.29 is 4.39 Å². The van der Waals surface area contributed by atoms with Gasteiger partial charge in [0.2, 0.25) is 0 Å². The fourth-order valence-corrected chi connectivity index (χ4v) is 2.14. The lowest BCUT2D eigenvalue weighted by Crippen LogP contribution is -2.33. The summed E-state index contributed by atoms with van der Waals surface area (Å²) in [5, 5.41) is 0. The van der Waals surface area contributed by atoms with Gasteiger partial charge in [0.25, 0.3) is 0 Å². The van der Waals surface area contributed by atoms with Gasteiger partial charge in [0.15, 0.2) is 0 Å². The van der Waals surface area contributed by atoms with Crippen LogP contribution in [-0.2, 0) is 0 Å². The Morgan fingerprint density at radius 2 is 1.89 bits per heavy atom. The van der Waals surface area contributed by atoms with Gasteiger partial charge in [-0.1, -0.05) is 27.2 Å². The minimum atomic E-state index is 0.500. The summed E-state index contributed by atoms with van der Waals surface area (Å²) in [7, 11) is 0.500. The van der Waals surface area contributed by atoms with E-state index in [0.717, 1.165) is 5.92 Å². The summed E-state index contributed by atoms with van der Waals surface area (Å²) in [5.74, 6) is 0.947. The van der Waals surface area contributed by atoms with E-state index in [2.05, 4.69) is 22.9 Å². The largest absolute Gasteiger partial charge is 0.370 e. The molecule has 104 valence electrons. The highest BCUT2D eigenvalue weighted by molar-refractivity contribution is 5.43. The first-order valence-corrected chi connectivity index (χ1v) is 6.93. The summed E-state index contributed by atoms with van der Waals surface area (Å²) in [5.41, 5.74) is 1.28. The first-order chi connectivity index (χ1) is 8.90. The maximum atomic E-state index is 9.50. The van der Waals surface area contributed by atoms with E-state index in [0.29, 0.717) is 7.18 Å². The lowest BCUT2D eigenvalue weighted by atomic mass is 9.94. The average Bonchev–Trinajstić information content (AvgIpc) is 2.52. The molecule has 1 aliphatic rings. The van der Waals surface area contributed by atoms with Gasteiger partial charge in [-0.05, 0) is 30.9 Å². The molecule has 2 nitrogen and oxygen atoms in total. The van der Waals surface area contributed by atoms with Crippen LogP contribution in [0.1, 0.15) is 40.0 Å². The Morgan fingerprint density at radius 3 is 2.33 bits per heavy atom. The predicted molar refractivity (Wildman–Crippen MR) is 77.8 cm³/mol. The van der Waals surface area contributed by atoms with Crippen LogP contribution in [-0.4, -0.2) is 25.3 Å². The number of rotatable bonds is 2. The highest BCUT2D eigenvalue weighted by Crippen LogP contribution is 2.23. The van der Waals surface area contributed by atoms with Crippen molar-refractivity contribution in [2.45, 2.75) is 40.0 Å². The molecule has 18 heavy (non-hydrogen) atoms. The van der Waals surface area contributed by atoms with E-state index >= 15 is 0 Å². The minimum absolute atomic E-state index is 0.500. The molecule has 1 fully saturated rings. The van der Waals surface area contributed by atoms with E-state index in [1.807, 2.05) is 32.3 Å². The maximum absolute atomic E-state index is 9.50. The number of halogens is 1. The van der Waals surface area contributed by atoms with Gasteiger partial charge in [0.05, 0.1) is 19.1 Å². The molecule has 0 spiro atoms. The second-order valence-corrected chi connectivity index (χ2v) is 4.05. The number of pyridine rings is 1. The normalized spacial score (nSPS) is 15.1. The third kappa shape index (κ3) is 5.48. The average molecular weight is 254 g/mol. The third-order valence-corrected chi connectivity index (χ3v) is 3.20. The van der Waals surface area contributed by atoms with Gasteiger partial charge in [-0.15, -0.1) is 0 Å². The van der Waals surface area contributed by atoms with Gasteiger partial charge < -0.3 is 4.90 Å². The topological polar surface area (TPSA) is 16.1 Å².